The number of benzene rings is 2. The Bertz CT molecular complexity index is 820. The molecule has 2 aromatic carbocycles. The van der Waals surface area contributed by atoms with Crippen LogP contribution in [-0.4, -0.2) is 51.9 Å². The molecular weight excluding hydrogens is 383 g/mol. The maximum absolute atomic E-state index is 13.5. The Morgan fingerprint density at radius 1 is 1.17 bits per heavy atom. The zero-order valence-electron chi connectivity index (χ0n) is 17.9. The van der Waals surface area contributed by atoms with Crippen LogP contribution in [0, 0.1) is 5.82 Å². The van der Waals surface area contributed by atoms with Crippen LogP contribution >= 0.6 is 0 Å². The summed E-state index contributed by atoms with van der Waals surface area (Å²) in [5, 5.41) is 6.83. The van der Waals surface area contributed by atoms with E-state index in [1.165, 1.54) is 6.07 Å². The number of guanidine groups is 1. The Morgan fingerprint density at radius 2 is 1.87 bits per heavy atom. The summed E-state index contributed by atoms with van der Waals surface area (Å²) in [5.41, 5.74) is 0.945. The van der Waals surface area contributed by atoms with Gasteiger partial charge in [-0.2, -0.15) is 0 Å². The number of nitrogens with one attached hydrogen (secondary N) is 2. The van der Waals surface area contributed by atoms with Crippen molar-refractivity contribution < 1.29 is 13.9 Å². The summed E-state index contributed by atoms with van der Waals surface area (Å²) in [5.74, 6) is 2.19. The van der Waals surface area contributed by atoms with Gasteiger partial charge in [-0.15, -0.1) is 0 Å². The molecule has 30 heavy (non-hydrogen) atoms. The first-order valence-corrected chi connectivity index (χ1v) is 10.4. The Morgan fingerprint density at radius 3 is 2.50 bits per heavy atom. The standard InChI is InChI=1S/C23H31FN4O2/c1-17(30-22-9-7-21(29-3)8-10-22)16-26-23(25-2)27-19-11-13-28(14-12-19)20-6-4-5-18(24)15-20/h4-10,15,17,19H,11-14,16H2,1-3H3,(H2,25,26,27). The maximum Gasteiger partial charge on any atom is 0.191 e. The van der Waals surface area contributed by atoms with Crippen molar-refractivity contribution in [2.24, 2.45) is 4.99 Å². The van der Waals surface area contributed by atoms with Crippen molar-refractivity contribution in [2.75, 3.05) is 38.7 Å². The van der Waals surface area contributed by atoms with Crippen molar-refractivity contribution in [3.8, 4) is 11.5 Å². The highest BCUT2D eigenvalue weighted by molar-refractivity contribution is 5.80. The molecule has 0 spiro atoms. The number of hydrogen-bond donors (Lipinski definition) is 2. The van der Waals surface area contributed by atoms with E-state index in [-0.39, 0.29) is 11.9 Å². The highest BCUT2D eigenvalue weighted by Crippen LogP contribution is 2.21. The number of rotatable bonds is 7. The van der Waals surface area contributed by atoms with Crippen LogP contribution in [0.15, 0.2) is 53.5 Å². The number of anilines is 1. The SMILES string of the molecule is CN=C(NCC(C)Oc1ccc(OC)cc1)NC1CCN(c2cccc(F)c2)CC1. The average molecular weight is 415 g/mol. The number of hydrogen-bond acceptors (Lipinski definition) is 4. The molecule has 162 valence electrons. The molecule has 0 amide bonds. The number of ether oxygens (including phenoxy) is 2. The summed E-state index contributed by atoms with van der Waals surface area (Å²) < 4.78 is 24.6. The number of halogens is 1. The van der Waals surface area contributed by atoms with Crippen molar-refractivity contribution in [1.82, 2.24) is 10.6 Å². The van der Waals surface area contributed by atoms with E-state index < -0.39 is 0 Å². The van der Waals surface area contributed by atoms with Crippen molar-refractivity contribution in [2.45, 2.75) is 31.9 Å². The summed E-state index contributed by atoms with van der Waals surface area (Å²) in [4.78, 5) is 6.56. The van der Waals surface area contributed by atoms with Gasteiger partial charge in [-0.05, 0) is 62.2 Å². The molecule has 3 rings (SSSR count). The lowest BCUT2D eigenvalue weighted by molar-refractivity contribution is 0.223. The fourth-order valence-electron chi connectivity index (χ4n) is 3.51. The van der Waals surface area contributed by atoms with E-state index in [2.05, 4.69) is 20.5 Å². The van der Waals surface area contributed by atoms with Gasteiger partial charge in [-0.25, -0.2) is 4.39 Å². The second-order valence-electron chi connectivity index (χ2n) is 7.44. The Hall–Kier alpha value is -2.96. The third-order valence-electron chi connectivity index (χ3n) is 5.19. The normalized spacial score (nSPS) is 16.1. The van der Waals surface area contributed by atoms with Crippen molar-refractivity contribution in [1.29, 1.82) is 0 Å². The van der Waals surface area contributed by atoms with Crippen molar-refractivity contribution >= 4 is 11.6 Å². The number of piperidine rings is 1. The third-order valence-corrected chi connectivity index (χ3v) is 5.19. The van der Waals surface area contributed by atoms with Crippen molar-refractivity contribution in [3.63, 3.8) is 0 Å². The summed E-state index contributed by atoms with van der Waals surface area (Å²) in [6.45, 7) is 4.42. The highest BCUT2D eigenvalue weighted by atomic mass is 19.1. The summed E-state index contributed by atoms with van der Waals surface area (Å²) in [7, 11) is 3.42. The Kier molecular flexibility index (Phi) is 7.76. The van der Waals surface area contributed by atoms with Gasteiger partial charge in [-0.1, -0.05) is 6.07 Å². The first-order valence-electron chi connectivity index (χ1n) is 10.4. The number of nitrogens with zero attached hydrogens (tertiary/aromatic N) is 2. The minimum absolute atomic E-state index is 0.0215. The molecule has 0 radical (unpaired) electrons. The third kappa shape index (κ3) is 6.27. The van der Waals surface area contributed by atoms with E-state index in [4.69, 9.17) is 9.47 Å². The van der Waals surface area contributed by atoms with Gasteiger partial charge >= 0.3 is 0 Å². The fraction of sp³-hybridized carbons (Fsp3) is 0.435. The average Bonchev–Trinajstić information content (AvgIpc) is 2.77. The van der Waals surface area contributed by atoms with Gasteiger partial charge in [0.25, 0.3) is 0 Å². The summed E-state index contributed by atoms with van der Waals surface area (Å²) in [6, 6.07) is 14.7. The van der Waals surface area contributed by atoms with E-state index in [1.54, 1.807) is 26.3 Å². The molecule has 6 nitrogen and oxygen atoms in total. The molecule has 1 unspecified atom stereocenters. The fourth-order valence-corrected chi connectivity index (χ4v) is 3.51. The Balaban J connectivity index is 1.41. The molecule has 1 aliphatic rings. The van der Waals surface area contributed by atoms with Crippen LogP contribution < -0.4 is 25.0 Å². The van der Waals surface area contributed by atoms with Crippen LogP contribution in [0.3, 0.4) is 0 Å². The summed E-state index contributed by atoms with van der Waals surface area (Å²) in [6.07, 6.45) is 1.91. The molecule has 1 aliphatic heterocycles. The largest absolute Gasteiger partial charge is 0.497 e. The molecule has 0 saturated carbocycles. The van der Waals surface area contributed by atoms with Gasteiger partial charge in [0.05, 0.1) is 13.7 Å². The van der Waals surface area contributed by atoms with Crippen LogP contribution in [-0.2, 0) is 0 Å². The molecule has 1 heterocycles. The zero-order chi connectivity index (χ0) is 21.3. The topological polar surface area (TPSA) is 58.1 Å². The zero-order valence-corrected chi connectivity index (χ0v) is 17.9. The minimum Gasteiger partial charge on any atom is -0.497 e. The van der Waals surface area contributed by atoms with Gasteiger partial charge in [0.1, 0.15) is 23.4 Å². The van der Waals surface area contributed by atoms with Crippen LogP contribution in [0.2, 0.25) is 0 Å². The number of methoxy groups -OCH3 is 1. The van der Waals surface area contributed by atoms with Gasteiger partial charge in [0.15, 0.2) is 5.96 Å². The second-order valence-corrected chi connectivity index (χ2v) is 7.44. The molecule has 0 aliphatic carbocycles. The smallest absolute Gasteiger partial charge is 0.191 e. The highest BCUT2D eigenvalue weighted by Gasteiger charge is 2.20. The van der Waals surface area contributed by atoms with E-state index >= 15 is 0 Å². The lowest BCUT2D eigenvalue weighted by Gasteiger charge is -2.34. The molecule has 1 atom stereocenters. The van der Waals surface area contributed by atoms with E-state index in [0.717, 1.165) is 49.1 Å². The predicted octanol–water partition coefficient (Wildman–Crippen LogP) is 3.44. The maximum atomic E-state index is 13.5. The van der Waals surface area contributed by atoms with Gasteiger partial charge in [0.2, 0.25) is 0 Å². The van der Waals surface area contributed by atoms with Crippen LogP contribution in [0.4, 0.5) is 10.1 Å². The van der Waals surface area contributed by atoms with Gasteiger partial charge in [0, 0.05) is 31.9 Å². The first kappa shape index (κ1) is 21.7. The van der Waals surface area contributed by atoms with Crippen LogP contribution in [0.25, 0.3) is 0 Å². The molecule has 0 aromatic heterocycles. The van der Waals surface area contributed by atoms with Crippen LogP contribution in [0.5, 0.6) is 11.5 Å². The molecule has 7 heteroatoms. The van der Waals surface area contributed by atoms with Gasteiger partial charge in [-0.3, -0.25) is 4.99 Å². The molecule has 1 fully saturated rings. The first-order chi connectivity index (χ1) is 14.6. The van der Waals surface area contributed by atoms with E-state index in [0.29, 0.717) is 12.6 Å². The van der Waals surface area contributed by atoms with E-state index in [9.17, 15) is 4.39 Å². The summed E-state index contributed by atoms with van der Waals surface area (Å²) >= 11 is 0. The van der Waals surface area contributed by atoms with Crippen molar-refractivity contribution in [3.05, 3.63) is 54.3 Å². The molecule has 1 saturated heterocycles. The molecule has 2 aromatic rings. The molecule has 0 bridgehead atoms. The quantitative estimate of drug-likeness (QED) is 0.537. The molecular formula is C23H31FN4O2. The Labute approximate surface area is 178 Å². The minimum atomic E-state index is -0.191. The predicted molar refractivity (Wildman–Crippen MR) is 119 cm³/mol. The lowest BCUT2D eigenvalue weighted by Crippen LogP contribution is -2.50. The number of aliphatic imine (C=N–C) groups is 1. The van der Waals surface area contributed by atoms with Gasteiger partial charge < -0.3 is 25.0 Å². The van der Waals surface area contributed by atoms with E-state index in [1.807, 2.05) is 37.3 Å². The lowest BCUT2D eigenvalue weighted by atomic mass is 10.0. The monoisotopic (exact) mass is 414 g/mol. The molecule has 2 N–H and O–H groups in total. The van der Waals surface area contributed by atoms with Crippen LogP contribution in [0.1, 0.15) is 19.8 Å². The second kappa shape index (κ2) is 10.7.